The van der Waals surface area contributed by atoms with E-state index >= 15 is 0 Å². The minimum absolute atomic E-state index is 0.0405. The third-order valence-corrected chi connectivity index (χ3v) is 2.20. The summed E-state index contributed by atoms with van der Waals surface area (Å²) in [4.78, 5) is 4.20. The Morgan fingerprint density at radius 3 is 2.90 bits per heavy atom. The number of nitrogens with two attached hydrogens (primary N) is 1. The minimum Gasteiger partial charge on any atom is -0.322 e. The molecule has 0 aliphatic carbocycles. The average Bonchev–Trinajstić information content (AvgIpc) is 2.34. The third-order valence-electron chi connectivity index (χ3n) is 1.14. The molecule has 2 nitrogen and oxygen atoms in total. The monoisotopic (exact) mass is 154 g/mol. The lowest BCUT2D eigenvalue weighted by molar-refractivity contribution is 0.806. The van der Waals surface area contributed by atoms with Crippen molar-refractivity contribution in [3.05, 3.63) is 22.7 Å². The predicted molar refractivity (Wildman–Crippen MR) is 44.8 cm³/mol. The van der Waals surface area contributed by atoms with Crippen molar-refractivity contribution in [3.8, 4) is 0 Å². The van der Waals surface area contributed by atoms with Crippen LogP contribution in [0.1, 0.15) is 23.7 Å². The smallest absolute Gasteiger partial charge is 0.110 e. The molecular weight excluding hydrogens is 144 g/mol. The Morgan fingerprint density at radius 2 is 2.60 bits per heavy atom. The molecule has 1 atom stereocenters. The van der Waals surface area contributed by atoms with Gasteiger partial charge in [0.2, 0.25) is 0 Å². The van der Waals surface area contributed by atoms with Gasteiger partial charge in [0.05, 0.1) is 11.7 Å². The molecule has 10 heavy (non-hydrogen) atoms. The van der Waals surface area contributed by atoms with Crippen LogP contribution in [-0.4, -0.2) is 4.98 Å². The summed E-state index contributed by atoms with van der Waals surface area (Å²) >= 11 is 1.57. The summed E-state index contributed by atoms with van der Waals surface area (Å²) in [5, 5.41) is 2.92. The predicted octanol–water partition coefficient (Wildman–Crippen LogP) is 1.81. The van der Waals surface area contributed by atoms with E-state index in [1.165, 1.54) is 0 Å². The number of nitrogens with zero attached hydrogens (tertiary/aromatic N) is 1. The summed E-state index contributed by atoms with van der Waals surface area (Å²) < 4.78 is 0. The molecule has 0 spiro atoms. The number of hydrogen-bond acceptors (Lipinski definition) is 3. The van der Waals surface area contributed by atoms with Crippen LogP contribution in [0.5, 0.6) is 0 Å². The lowest BCUT2D eigenvalue weighted by Crippen LogP contribution is -2.03. The van der Waals surface area contributed by atoms with Gasteiger partial charge in [0, 0.05) is 5.38 Å². The highest BCUT2D eigenvalue weighted by Gasteiger charge is 2.02. The Hall–Kier alpha value is -0.670. The third kappa shape index (κ3) is 1.43. The van der Waals surface area contributed by atoms with Crippen molar-refractivity contribution in [1.29, 1.82) is 0 Å². The summed E-state index contributed by atoms with van der Waals surface area (Å²) in [6.45, 7) is 5.53. The molecular formula is C7H10N2S. The fourth-order valence-electron chi connectivity index (χ4n) is 0.604. The Morgan fingerprint density at radius 1 is 1.90 bits per heavy atom. The van der Waals surface area contributed by atoms with E-state index in [0.29, 0.717) is 0 Å². The molecule has 0 radical (unpaired) electrons. The molecule has 3 heteroatoms. The van der Waals surface area contributed by atoms with Crippen molar-refractivity contribution in [3.63, 3.8) is 0 Å². The van der Waals surface area contributed by atoms with Crippen molar-refractivity contribution in [2.45, 2.75) is 13.0 Å². The first-order chi connectivity index (χ1) is 4.74. The first-order valence-corrected chi connectivity index (χ1v) is 3.95. The fraction of sp³-hybridized carbons (Fsp3) is 0.286. The zero-order valence-electron chi connectivity index (χ0n) is 5.87. The molecule has 1 rings (SSSR count). The van der Waals surface area contributed by atoms with Gasteiger partial charge < -0.3 is 5.73 Å². The summed E-state index contributed by atoms with van der Waals surface area (Å²) in [6.07, 6.45) is 1.72. The molecule has 1 aromatic rings. The molecule has 0 fully saturated rings. The van der Waals surface area contributed by atoms with Gasteiger partial charge in [0.15, 0.2) is 0 Å². The number of rotatable bonds is 2. The molecule has 0 aromatic carbocycles. The number of hydrogen-bond donors (Lipinski definition) is 1. The van der Waals surface area contributed by atoms with Crippen LogP contribution in [0.15, 0.2) is 12.0 Å². The standard InChI is InChI=1S/C7H10N2S/c1-3-6-4-10-7(9-6)5(2)8/h3-5H,1,8H2,2H3. The van der Waals surface area contributed by atoms with E-state index in [4.69, 9.17) is 5.73 Å². The second-order valence-corrected chi connectivity index (χ2v) is 2.99. The van der Waals surface area contributed by atoms with Crippen LogP contribution < -0.4 is 5.73 Å². The minimum atomic E-state index is 0.0405. The number of thiazole rings is 1. The van der Waals surface area contributed by atoms with Crippen LogP contribution in [0.4, 0.5) is 0 Å². The molecule has 1 unspecified atom stereocenters. The van der Waals surface area contributed by atoms with E-state index in [0.717, 1.165) is 10.7 Å². The second kappa shape index (κ2) is 2.94. The topological polar surface area (TPSA) is 38.9 Å². The van der Waals surface area contributed by atoms with Crippen molar-refractivity contribution >= 4 is 17.4 Å². The van der Waals surface area contributed by atoms with Gasteiger partial charge in [-0.1, -0.05) is 6.58 Å². The van der Waals surface area contributed by atoms with E-state index in [1.54, 1.807) is 17.4 Å². The summed E-state index contributed by atoms with van der Waals surface area (Å²) in [5.41, 5.74) is 6.51. The van der Waals surface area contributed by atoms with Gasteiger partial charge >= 0.3 is 0 Å². The maximum absolute atomic E-state index is 5.60. The normalized spacial score (nSPS) is 13.0. The van der Waals surface area contributed by atoms with Gasteiger partial charge in [-0.25, -0.2) is 4.98 Å². The SMILES string of the molecule is C=Cc1csc(C(C)N)n1. The molecule has 0 bridgehead atoms. The van der Waals surface area contributed by atoms with Crippen LogP contribution in [0.2, 0.25) is 0 Å². The molecule has 1 heterocycles. The Labute approximate surface area is 64.4 Å². The zero-order chi connectivity index (χ0) is 7.56. The van der Waals surface area contributed by atoms with Gasteiger partial charge in [-0.15, -0.1) is 11.3 Å². The molecule has 0 saturated heterocycles. The summed E-state index contributed by atoms with van der Waals surface area (Å²) in [7, 11) is 0. The summed E-state index contributed by atoms with van der Waals surface area (Å²) in [5.74, 6) is 0. The highest BCUT2D eigenvalue weighted by Crippen LogP contribution is 2.15. The lowest BCUT2D eigenvalue weighted by atomic mass is 10.4. The molecule has 2 N–H and O–H groups in total. The lowest BCUT2D eigenvalue weighted by Gasteiger charge is -1.95. The van der Waals surface area contributed by atoms with Crippen molar-refractivity contribution in [1.82, 2.24) is 4.98 Å². The van der Waals surface area contributed by atoms with Crippen molar-refractivity contribution < 1.29 is 0 Å². The van der Waals surface area contributed by atoms with Crippen molar-refractivity contribution in [2.24, 2.45) is 5.73 Å². The van der Waals surface area contributed by atoms with Crippen LogP contribution in [0.3, 0.4) is 0 Å². The fourth-order valence-corrected chi connectivity index (χ4v) is 1.37. The number of aromatic nitrogens is 1. The van der Waals surface area contributed by atoms with Gasteiger partial charge in [0.1, 0.15) is 5.01 Å². The van der Waals surface area contributed by atoms with Crippen LogP contribution in [0, 0.1) is 0 Å². The highest BCUT2D eigenvalue weighted by atomic mass is 32.1. The molecule has 1 aromatic heterocycles. The van der Waals surface area contributed by atoms with Gasteiger partial charge in [-0.2, -0.15) is 0 Å². The van der Waals surface area contributed by atoms with Crippen LogP contribution in [0.25, 0.3) is 6.08 Å². The van der Waals surface area contributed by atoms with Crippen molar-refractivity contribution in [2.75, 3.05) is 0 Å². The Balaban J connectivity index is 2.88. The first-order valence-electron chi connectivity index (χ1n) is 3.07. The maximum Gasteiger partial charge on any atom is 0.110 e. The van der Waals surface area contributed by atoms with Gasteiger partial charge in [-0.05, 0) is 13.0 Å². The van der Waals surface area contributed by atoms with E-state index < -0.39 is 0 Å². The van der Waals surface area contributed by atoms with E-state index in [2.05, 4.69) is 11.6 Å². The molecule has 0 aliphatic rings. The zero-order valence-corrected chi connectivity index (χ0v) is 6.69. The first kappa shape index (κ1) is 7.44. The second-order valence-electron chi connectivity index (χ2n) is 2.10. The molecule has 0 amide bonds. The van der Waals surface area contributed by atoms with E-state index in [-0.39, 0.29) is 6.04 Å². The Kier molecular flexibility index (Phi) is 2.19. The van der Waals surface area contributed by atoms with Gasteiger partial charge in [0.25, 0.3) is 0 Å². The quantitative estimate of drug-likeness (QED) is 0.705. The summed E-state index contributed by atoms with van der Waals surface area (Å²) in [6, 6.07) is 0.0405. The Bertz CT molecular complexity index is 227. The average molecular weight is 154 g/mol. The molecule has 0 saturated carbocycles. The largest absolute Gasteiger partial charge is 0.322 e. The van der Waals surface area contributed by atoms with Gasteiger partial charge in [-0.3, -0.25) is 0 Å². The molecule has 54 valence electrons. The molecule has 0 aliphatic heterocycles. The highest BCUT2D eigenvalue weighted by molar-refractivity contribution is 7.09. The van der Waals surface area contributed by atoms with E-state index in [9.17, 15) is 0 Å². The van der Waals surface area contributed by atoms with E-state index in [1.807, 2.05) is 12.3 Å². The van der Waals surface area contributed by atoms with Crippen LogP contribution in [-0.2, 0) is 0 Å². The maximum atomic E-state index is 5.60. The van der Waals surface area contributed by atoms with Crippen LogP contribution >= 0.6 is 11.3 Å².